The summed E-state index contributed by atoms with van der Waals surface area (Å²) in [4.78, 5) is 0. The summed E-state index contributed by atoms with van der Waals surface area (Å²) in [5.74, 6) is -0.409. The maximum Gasteiger partial charge on any atom is 0.141 e. The summed E-state index contributed by atoms with van der Waals surface area (Å²) in [6, 6.07) is 4.66. The van der Waals surface area contributed by atoms with Crippen LogP contribution >= 0.6 is 11.6 Å². The van der Waals surface area contributed by atoms with Gasteiger partial charge in [0.1, 0.15) is 5.82 Å². The first kappa shape index (κ1) is 14.0. The van der Waals surface area contributed by atoms with Gasteiger partial charge in [-0.1, -0.05) is 29.8 Å². The third-order valence-corrected chi connectivity index (χ3v) is 2.94. The van der Waals surface area contributed by atoms with E-state index in [1.54, 1.807) is 16.8 Å². The van der Waals surface area contributed by atoms with Gasteiger partial charge in [-0.15, -0.1) is 5.10 Å². The van der Waals surface area contributed by atoms with Crippen LogP contribution in [0.25, 0.3) is 0 Å². The van der Waals surface area contributed by atoms with E-state index in [1.807, 2.05) is 6.20 Å². The second-order valence-electron chi connectivity index (χ2n) is 4.33. The second-order valence-corrected chi connectivity index (χ2v) is 4.74. The minimum Gasteiger partial charge on any atom is -0.311 e. The average molecular weight is 283 g/mol. The Labute approximate surface area is 116 Å². The van der Waals surface area contributed by atoms with Gasteiger partial charge in [0.05, 0.1) is 23.5 Å². The smallest absolute Gasteiger partial charge is 0.141 e. The maximum absolute atomic E-state index is 13.0. The summed E-state index contributed by atoms with van der Waals surface area (Å²) in [6.07, 6.45) is 2.96. The number of hydrogen-bond acceptors (Lipinski definition) is 3. The Hall–Kier alpha value is -1.46. The normalized spacial score (nSPS) is 10.9. The lowest BCUT2D eigenvalue weighted by atomic mass is 10.2. The van der Waals surface area contributed by atoms with Gasteiger partial charge in [-0.25, -0.2) is 9.07 Å². The summed E-state index contributed by atoms with van der Waals surface area (Å²) >= 11 is 5.74. The van der Waals surface area contributed by atoms with Crippen LogP contribution in [0, 0.1) is 5.82 Å². The lowest BCUT2D eigenvalue weighted by molar-refractivity contribution is 0.621. The van der Waals surface area contributed by atoms with Crippen molar-refractivity contribution in [3.05, 3.63) is 46.5 Å². The molecule has 0 aliphatic rings. The van der Waals surface area contributed by atoms with Gasteiger partial charge >= 0.3 is 0 Å². The third kappa shape index (κ3) is 4.01. The molecule has 0 radical (unpaired) electrons. The van der Waals surface area contributed by atoms with E-state index in [-0.39, 0.29) is 5.02 Å². The van der Waals surface area contributed by atoms with Crippen molar-refractivity contribution >= 4 is 11.6 Å². The Kier molecular flexibility index (Phi) is 4.87. The Morgan fingerprint density at radius 3 is 3.00 bits per heavy atom. The van der Waals surface area contributed by atoms with Crippen molar-refractivity contribution in [2.75, 3.05) is 6.54 Å². The molecule has 1 aromatic heterocycles. The Bertz CT molecular complexity index is 541. The van der Waals surface area contributed by atoms with Crippen molar-refractivity contribution in [1.29, 1.82) is 0 Å². The van der Waals surface area contributed by atoms with Crippen molar-refractivity contribution in [3.63, 3.8) is 0 Å². The highest BCUT2D eigenvalue weighted by molar-refractivity contribution is 6.30. The largest absolute Gasteiger partial charge is 0.311 e. The number of aromatic nitrogens is 3. The highest BCUT2D eigenvalue weighted by Gasteiger charge is 2.04. The quantitative estimate of drug-likeness (QED) is 0.828. The molecule has 6 heteroatoms. The molecule has 0 spiro atoms. The van der Waals surface area contributed by atoms with Crippen LogP contribution in [0.4, 0.5) is 4.39 Å². The molecule has 2 rings (SSSR count). The first-order valence-corrected chi connectivity index (χ1v) is 6.60. The van der Waals surface area contributed by atoms with E-state index >= 15 is 0 Å². The summed E-state index contributed by atoms with van der Waals surface area (Å²) in [5.41, 5.74) is 1.78. The van der Waals surface area contributed by atoms with Crippen LogP contribution in [0.1, 0.15) is 24.6 Å². The molecule has 1 N–H and O–H groups in total. The predicted molar refractivity (Wildman–Crippen MR) is 72.5 cm³/mol. The number of nitrogens with zero attached hydrogens (tertiary/aromatic N) is 3. The zero-order valence-corrected chi connectivity index (χ0v) is 11.5. The molecule has 0 fully saturated rings. The van der Waals surface area contributed by atoms with Gasteiger partial charge in [0.25, 0.3) is 0 Å². The molecule has 0 bridgehead atoms. The third-order valence-electron chi connectivity index (χ3n) is 2.65. The molecule has 2 aromatic rings. The predicted octanol–water partition coefficient (Wildman–Crippen LogP) is 2.62. The topological polar surface area (TPSA) is 42.7 Å². The van der Waals surface area contributed by atoms with Gasteiger partial charge in [-0.3, -0.25) is 0 Å². The number of benzene rings is 1. The molecule has 0 aliphatic heterocycles. The maximum atomic E-state index is 13.0. The van der Waals surface area contributed by atoms with E-state index in [0.29, 0.717) is 13.1 Å². The zero-order chi connectivity index (χ0) is 13.7. The minimum absolute atomic E-state index is 0.127. The summed E-state index contributed by atoms with van der Waals surface area (Å²) in [7, 11) is 0. The van der Waals surface area contributed by atoms with Crippen molar-refractivity contribution in [2.45, 2.75) is 26.4 Å². The molecular formula is C13H16ClFN4. The van der Waals surface area contributed by atoms with Crippen molar-refractivity contribution in [3.8, 4) is 0 Å². The Morgan fingerprint density at radius 1 is 1.42 bits per heavy atom. The number of rotatable bonds is 6. The van der Waals surface area contributed by atoms with Crippen LogP contribution in [-0.4, -0.2) is 21.5 Å². The molecule has 102 valence electrons. The molecule has 0 amide bonds. The van der Waals surface area contributed by atoms with Crippen molar-refractivity contribution < 1.29 is 4.39 Å². The van der Waals surface area contributed by atoms with Crippen LogP contribution in [0.3, 0.4) is 0 Å². The van der Waals surface area contributed by atoms with E-state index in [2.05, 4.69) is 22.6 Å². The molecule has 0 atom stereocenters. The lowest BCUT2D eigenvalue weighted by Gasteiger charge is -2.02. The SMILES string of the molecule is CCCNCc1cn(Cc2ccc(F)c(Cl)c2)nn1. The van der Waals surface area contributed by atoms with E-state index in [4.69, 9.17) is 11.6 Å². The van der Waals surface area contributed by atoms with Gasteiger partial charge in [0, 0.05) is 6.54 Å². The first-order valence-electron chi connectivity index (χ1n) is 6.22. The minimum atomic E-state index is -0.409. The highest BCUT2D eigenvalue weighted by atomic mass is 35.5. The van der Waals surface area contributed by atoms with Crippen LogP contribution in [0.5, 0.6) is 0 Å². The van der Waals surface area contributed by atoms with Gasteiger partial charge in [0.2, 0.25) is 0 Å². The van der Waals surface area contributed by atoms with Gasteiger partial charge in [0.15, 0.2) is 0 Å². The number of hydrogen-bond donors (Lipinski definition) is 1. The van der Waals surface area contributed by atoms with E-state index < -0.39 is 5.82 Å². The second kappa shape index (κ2) is 6.63. The first-order chi connectivity index (χ1) is 9.19. The highest BCUT2D eigenvalue weighted by Crippen LogP contribution is 2.16. The molecular weight excluding hydrogens is 267 g/mol. The fourth-order valence-electron chi connectivity index (χ4n) is 1.72. The zero-order valence-electron chi connectivity index (χ0n) is 10.7. The fraction of sp³-hybridized carbons (Fsp3) is 0.385. The summed E-state index contributed by atoms with van der Waals surface area (Å²) < 4.78 is 14.8. The summed E-state index contributed by atoms with van der Waals surface area (Å²) in [6.45, 7) is 4.31. The standard InChI is InChI=1S/C13H16ClFN4/c1-2-5-16-7-11-9-19(18-17-11)8-10-3-4-13(15)12(14)6-10/h3-4,6,9,16H,2,5,7-8H2,1H3. The molecule has 0 unspecified atom stereocenters. The number of halogens is 2. The van der Waals surface area contributed by atoms with Crippen LogP contribution < -0.4 is 5.32 Å². The van der Waals surface area contributed by atoms with Crippen molar-refractivity contribution in [2.24, 2.45) is 0 Å². The molecule has 19 heavy (non-hydrogen) atoms. The molecule has 0 aliphatic carbocycles. The Morgan fingerprint density at radius 2 is 2.26 bits per heavy atom. The Balaban J connectivity index is 1.97. The molecule has 4 nitrogen and oxygen atoms in total. The fourth-order valence-corrected chi connectivity index (χ4v) is 1.92. The van der Waals surface area contributed by atoms with E-state index in [0.717, 1.165) is 24.2 Å². The lowest BCUT2D eigenvalue weighted by Crippen LogP contribution is -2.13. The molecule has 0 saturated carbocycles. The molecule has 0 saturated heterocycles. The van der Waals surface area contributed by atoms with Gasteiger partial charge in [-0.2, -0.15) is 0 Å². The van der Waals surface area contributed by atoms with Crippen LogP contribution in [0.2, 0.25) is 5.02 Å². The van der Waals surface area contributed by atoms with Gasteiger partial charge in [-0.05, 0) is 30.7 Å². The summed E-state index contributed by atoms with van der Waals surface area (Å²) in [5, 5.41) is 11.5. The van der Waals surface area contributed by atoms with Crippen molar-refractivity contribution in [1.82, 2.24) is 20.3 Å². The van der Waals surface area contributed by atoms with Crippen LogP contribution in [0.15, 0.2) is 24.4 Å². The van der Waals surface area contributed by atoms with Gasteiger partial charge < -0.3 is 5.32 Å². The number of nitrogens with one attached hydrogen (secondary N) is 1. The van der Waals surface area contributed by atoms with Crippen LogP contribution in [-0.2, 0) is 13.1 Å². The molecule has 1 heterocycles. The molecule has 1 aromatic carbocycles. The monoisotopic (exact) mass is 282 g/mol. The average Bonchev–Trinajstić information content (AvgIpc) is 2.82. The van der Waals surface area contributed by atoms with E-state index in [9.17, 15) is 4.39 Å². The van der Waals surface area contributed by atoms with E-state index in [1.165, 1.54) is 6.07 Å².